The van der Waals surface area contributed by atoms with Gasteiger partial charge >= 0.3 is 11.9 Å². The van der Waals surface area contributed by atoms with Crippen LogP contribution in [0.25, 0.3) is 0 Å². The minimum atomic E-state index is -1.13. The van der Waals surface area contributed by atoms with Crippen molar-refractivity contribution in [3.63, 3.8) is 0 Å². The van der Waals surface area contributed by atoms with Gasteiger partial charge in [0.15, 0.2) is 6.10 Å². The fraction of sp³-hybridized carbons (Fsp3) is 0.744. The highest BCUT2D eigenvalue weighted by Crippen LogP contribution is 2.12. The molecule has 0 aliphatic heterocycles. The number of carbonyl (C=O) groups excluding carboxylic acids is 3. The van der Waals surface area contributed by atoms with Crippen molar-refractivity contribution in [2.24, 2.45) is 0 Å². The Hall–Kier alpha value is -2.71. The molecule has 8 heteroatoms. The van der Waals surface area contributed by atoms with Gasteiger partial charge in [0.05, 0.1) is 40.3 Å². The SMILES string of the molecule is CCCCCC/C=C/CCCC(=O)OC(COCCC(C(=O)[O-])[N+](C)(C)C)COC(=O)CCCCCCC/C=C/C=C/C=C/CCCCCCC. The van der Waals surface area contributed by atoms with Gasteiger partial charge < -0.3 is 28.6 Å². The standard InChI is InChI=1S/C43H75NO7/c1-6-8-10-12-14-16-17-18-19-20-21-22-23-24-26-27-29-31-33-41(45)50-38-39(37-49-36-35-40(43(47)48)44(3,4)5)51-42(46)34-32-30-28-25-15-13-11-9-7-2/h17-22,25,28,39-40H,6-16,23-24,26-27,29-38H2,1-5H3/b18-17+,20-19+,22-21+,28-25+. The molecule has 0 aromatic rings. The van der Waals surface area contributed by atoms with Crippen molar-refractivity contribution >= 4 is 17.9 Å². The Bertz CT molecular complexity index is 979. The van der Waals surface area contributed by atoms with Crippen LogP contribution in [0.5, 0.6) is 0 Å². The van der Waals surface area contributed by atoms with E-state index in [0.717, 1.165) is 57.8 Å². The van der Waals surface area contributed by atoms with Gasteiger partial charge in [0.2, 0.25) is 0 Å². The van der Waals surface area contributed by atoms with Crippen LogP contribution >= 0.6 is 0 Å². The number of esters is 2. The second kappa shape index (κ2) is 34.4. The first kappa shape index (κ1) is 48.3. The van der Waals surface area contributed by atoms with Gasteiger partial charge in [0.1, 0.15) is 12.6 Å². The van der Waals surface area contributed by atoms with Crippen molar-refractivity contribution < 1.29 is 38.2 Å². The zero-order valence-electron chi connectivity index (χ0n) is 33.3. The Morgan fingerprint density at radius 1 is 0.588 bits per heavy atom. The van der Waals surface area contributed by atoms with E-state index >= 15 is 0 Å². The molecule has 2 unspecified atom stereocenters. The smallest absolute Gasteiger partial charge is 0.306 e. The van der Waals surface area contributed by atoms with E-state index in [0.29, 0.717) is 12.8 Å². The van der Waals surface area contributed by atoms with E-state index in [1.54, 1.807) is 21.1 Å². The Kier molecular flexibility index (Phi) is 32.6. The van der Waals surface area contributed by atoms with Crippen LogP contribution in [0.1, 0.15) is 155 Å². The molecule has 0 saturated carbocycles. The van der Waals surface area contributed by atoms with Gasteiger partial charge in [-0.15, -0.1) is 0 Å². The van der Waals surface area contributed by atoms with Gasteiger partial charge in [0.25, 0.3) is 0 Å². The number of quaternary nitrogens is 1. The Balaban J connectivity index is 4.40. The minimum absolute atomic E-state index is 0.0216. The van der Waals surface area contributed by atoms with Gasteiger partial charge in [0, 0.05) is 19.3 Å². The summed E-state index contributed by atoms with van der Waals surface area (Å²) in [6.45, 7) is 4.54. The first-order chi connectivity index (χ1) is 24.6. The zero-order chi connectivity index (χ0) is 37.8. The molecule has 0 rings (SSSR count). The number of carbonyl (C=O) groups is 3. The fourth-order valence-corrected chi connectivity index (χ4v) is 5.54. The number of carboxylic acid groups (broad SMARTS) is 1. The molecular weight excluding hydrogens is 642 g/mol. The predicted molar refractivity (Wildman–Crippen MR) is 208 cm³/mol. The van der Waals surface area contributed by atoms with Crippen molar-refractivity contribution in [1.29, 1.82) is 0 Å². The first-order valence-corrected chi connectivity index (χ1v) is 20.2. The van der Waals surface area contributed by atoms with Gasteiger partial charge in [-0.1, -0.05) is 127 Å². The lowest BCUT2D eigenvalue weighted by atomic mass is 10.1. The van der Waals surface area contributed by atoms with Crippen molar-refractivity contribution in [1.82, 2.24) is 0 Å². The molecule has 0 aromatic carbocycles. The number of nitrogens with zero attached hydrogens (tertiary/aromatic N) is 1. The van der Waals surface area contributed by atoms with Crippen LogP contribution in [-0.4, -0.2) is 75.5 Å². The number of carboxylic acids is 1. The highest BCUT2D eigenvalue weighted by Gasteiger charge is 2.25. The van der Waals surface area contributed by atoms with Crippen LogP contribution in [0, 0.1) is 0 Å². The van der Waals surface area contributed by atoms with E-state index in [1.807, 2.05) is 0 Å². The summed E-state index contributed by atoms with van der Waals surface area (Å²) in [5.74, 6) is -1.81. The second-order valence-electron chi connectivity index (χ2n) is 14.6. The normalized spacial score (nSPS) is 13.5. The van der Waals surface area contributed by atoms with Crippen LogP contribution in [0.3, 0.4) is 0 Å². The molecule has 8 nitrogen and oxygen atoms in total. The maximum absolute atomic E-state index is 12.6. The minimum Gasteiger partial charge on any atom is -0.544 e. The van der Waals surface area contributed by atoms with E-state index in [2.05, 4.69) is 62.5 Å². The Labute approximate surface area is 312 Å². The van der Waals surface area contributed by atoms with E-state index in [1.165, 1.54) is 57.8 Å². The number of ether oxygens (including phenoxy) is 3. The average Bonchev–Trinajstić information content (AvgIpc) is 3.08. The van der Waals surface area contributed by atoms with Crippen LogP contribution < -0.4 is 5.11 Å². The lowest BCUT2D eigenvalue weighted by Crippen LogP contribution is -2.55. The van der Waals surface area contributed by atoms with E-state index < -0.39 is 18.1 Å². The number of hydrogen-bond donors (Lipinski definition) is 0. The Morgan fingerprint density at radius 3 is 1.65 bits per heavy atom. The molecule has 0 radical (unpaired) electrons. The lowest BCUT2D eigenvalue weighted by Gasteiger charge is -2.34. The highest BCUT2D eigenvalue weighted by atomic mass is 16.6. The maximum atomic E-state index is 12.6. The van der Waals surface area contributed by atoms with Gasteiger partial charge in [-0.2, -0.15) is 0 Å². The number of rotatable bonds is 35. The molecule has 0 N–H and O–H groups in total. The predicted octanol–water partition coefficient (Wildman–Crippen LogP) is 9.13. The number of likely N-dealkylation sites (N-methyl/N-ethyl adjacent to an activating group) is 1. The van der Waals surface area contributed by atoms with Gasteiger partial charge in [-0.3, -0.25) is 9.59 Å². The summed E-state index contributed by atoms with van der Waals surface area (Å²) < 4.78 is 17.0. The molecule has 0 bridgehead atoms. The van der Waals surface area contributed by atoms with Crippen LogP contribution in [0.4, 0.5) is 0 Å². The summed E-state index contributed by atoms with van der Waals surface area (Å²) in [5, 5.41) is 11.6. The third-order valence-corrected chi connectivity index (χ3v) is 8.75. The van der Waals surface area contributed by atoms with Crippen LogP contribution in [0.2, 0.25) is 0 Å². The molecule has 0 aliphatic carbocycles. The van der Waals surface area contributed by atoms with Gasteiger partial charge in [-0.05, 0) is 57.8 Å². The molecule has 0 amide bonds. The number of unbranched alkanes of at least 4 members (excludes halogenated alkanes) is 15. The molecule has 0 fully saturated rings. The molecule has 51 heavy (non-hydrogen) atoms. The summed E-state index contributed by atoms with van der Waals surface area (Å²) in [5.41, 5.74) is 0. The average molecular weight is 718 g/mol. The van der Waals surface area contributed by atoms with Gasteiger partial charge in [-0.25, -0.2) is 0 Å². The molecule has 0 spiro atoms. The topological polar surface area (TPSA) is 102 Å². The van der Waals surface area contributed by atoms with Crippen LogP contribution in [-0.2, 0) is 28.6 Å². The zero-order valence-corrected chi connectivity index (χ0v) is 33.3. The van der Waals surface area contributed by atoms with Crippen molar-refractivity contribution in [2.75, 3.05) is 41.0 Å². The third-order valence-electron chi connectivity index (χ3n) is 8.75. The van der Waals surface area contributed by atoms with E-state index in [-0.39, 0.29) is 49.1 Å². The third kappa shape index (κ3) is 32.9. The van der Waals surface area contributed by atoms with Crippen molar-refractivity contribution in [3.05, 3.63) is 48.6 Å². The van der Waals surface area contributed by atoms with Crippen LogP contribution in [0.15, 0.2) is 48.6 Å². The lowest BCUT2D eigenvalue weighted by molar-refractivity contribution is -0.889. The summed E-state index contributed by atoms with van der Waals surface area (Å²) in [6, 6.07) is -0.732. The Morgan fingerprint density at radius 2 is 1.08 bits per heavy atom. The molecular formula is C43H75NO7. The molecule has 0 aromatic heterocycles. The number of hydrogen-bond acceptors (Lipinski definition) is 7. The summed E-state index contributed by atoms with van der Waals surface area (Å²) in [4.78, 5) is 36.6. The molecule has 0 heterocycles. The summed E-state index contributed by atoms with van der Waals surface area (Å²) in [7, 11) is 5.38. The largest absolute Gasteiger partial charge is 0.544 e. The number of allylic oxidation sites excluding steroid dienone is 8. The van der Waals surface area contributed by atoms with Crippen molar-refractivity contribution in [3.8, 4) is 0 Å². The maximum Gasteiger partial charge on any atom is 0.306 e. The fourth-order valence-electron chi connectivity index (χ4n) is 5.54. The summed E-state index contributed by atoms with van der Waals surface area (Å²) >= 11 is 0. The summed E-state index contributed by atoms with van der Waals surface area (Å²) in [6.07, 6.45) is 38.6. The monoisotopic (exact) mass is 718 g/mol. The molecule has 2 atom stereocenters. The molecule has 0 saturated heterocycles. The molecule has 0 aliphatic rings. The molecule has 294 valence electrons. The van der Waals surface area contributed by atoms with E-state index in [4.69, 9.17) is 14.2 Å². The van der Waals surface area contributed by atoms with Crippen molar-refractivity contribution in [2.45, 2.75) is 167 Å². The highest BCUT2D eigenvalue weighted by molar-refractivity contribution is 5.70. The van der Waals surface area contributed by atoms with E-state index in [9.17, 15) is 19.5 Å². The number of aliphatic carboxylic acids is 1. The second-order valence-corrected chi connectivity index (χ2v) is 14.6. The quantitative estimate of drug-likeness (QED) is 0.0212. The first-order valence-electron chi connectivity index (χ1n) is 20.2.